The lowest BCUT2D eigenvalue weighted by molar-refractivity contribution is 0.252. The molecule has 2 N–H and O–H groups in total. The van der Waals surface area contributed by atoms with E-state index in [0.717, 1.165) is 18.4 Å². The highest BCUT2D eigenvalue weighted by atomic mass is 32.2. The fraction of sp³-hybridized carbons (Fsp3) is 0.278. The first-order valence-corrected chi connectivity index (χ1v) is 9.60. The van der Waals surface area contributed by atoms with E-state index >= 15 is 0 Å². The highest BCUT2D eigenvalue weighted by Gasteiger charge is 2.24. The Labute approximate surface area is 147 Å². The monoisotopic (exact) mass is 360 g/mol. The van der Waals surface area contributed by atoms with Crippen LogP contribution in [-0.2, 0) is 16.5 Å². The van der Waals surface area contributed by atoms with Crippen LogP contribution in [0.15, 0.2) is 47.4 Å². The Morgan fingerprint density at radius 2 is 1.88 bits per heavy atom. The number of carbonyl (C=O) groups is 1. The van der Waals surface area contributed by atoms with Crippen molar-refractivity contribution in [2.24, 2.45) is 0 Å². The zero-order valence-electron chi connectivity index (χ0n) is 13.9. The molecule has 0 atom stereocenters. The predicted molar refractivity (Wildman–Crippen MR) is 96.4 cm³/mol. The Balaban J connectivity index is 2.09. The maximum Gasteiger partial charge on any atom is 0.321 e. The SMILES string of the molecule is CCCc1ccc(-c2cc(N3CCNC3=O)ccc2S(=O)(=O)O)cc1. The number of amides is 2. The molecule has 0 saturated carbocycles. The van der Waals surface area contributed by atoms with Gasteiger partial charge in [-0.1, -0.05) is 37.6 Å². The zero-order chi connectivity index (χ0) is 18.0. The van der Waals surface area contributed by atoms with Crippen LogP contribution in [0.5, 0.6) is 0 Å². The molecule has 2 aromatic rings. The van der Waals surface area contributed by atoms with Gasteiger partial charge in [0.05, 0.1) is 0 Å². The number of hydrogen-bond donors (Lipinski definition) is 2. The zero-order valence-corrected chi connectivity index (χ0v) is 14.7. The van der Waals surface area contributed by atoms with Crippen LogP contribution in [0, 0.1) is 0 Å². The Morgan fingerprint density at radius 3 is 2.44 bits per heavy atom. The molecular formula is C18H20N2O4S. The van der Waals surface area contributed by atoms with Crippen LogP contribution in [0.25, 0.3) is 11.1 Å². The van der Waals surface area contributed by atoms with Gasteiger partial charge in [-0.3, -0.25) is 9.45 Å². The van der Waals surface area contributed by atoms with E-state index in [9.17, 15) is 17.8 Å². The quantitative estimate of drug-likeness (QED) is 0.802. The van der Waals surface area contributed by atoms with Gasteiger partial charge in [0, 0.05) is 24.3 Å². The van der Waals surface area contributed by atoms with E-state index in [2.05, 4.69) is 12.2 Å². The number of rotatable bonds is 5. The second kappa shape index (κ2) is 6.85. The molecule has 3 rings (SSSR count). The standard InChI is InChI=1S/C18H20N2O4S/c1-2-3-13-4-6-14(7-5-13)16-12-15(20-11-10-19-18(20)21)8-9-17(16)25(22,23)24/h4-9,12H,2-3,10-11H2,1H3,(H,19,21)(H,22,23,24). The van der Waals surface area contributed by atoms with Crippen molar-refractivity contribution in [3.63, 3.8) is 0 Å². The van der Waals surface area contributed by atoms with Crippen LogP contribution in [0.2, 0.25) is 0 Å². The molecule has 1 heterocycles. The van der Waals surface area contributed by atoms with Crippen molar-refractivity contribution in [3.8, 4) is 11.1 Å². The summed E-state index contributed by atoms with van der Waals surface area (Å²) in [5, 5.41) is 2.71. The molecule has 25 heavy (non-hydrogen) atoms. The summed E-state index contributed by atoms with van der Waals surface area (Å²) < 4.78 is 33.1. The second-order valence-corrected chi connectivity index (χ2v) is 7.38. The second-order valence-electron chi connectivity index (χ2n) is 5.99. The highest BCUT2D eigenvalue weighted by molar-refractivity contribution is 7.86. The number of benzene rings is 2. The topological polar surface area (TPSA) is 86.7 Å². The van der Waals surface area contributed by atoms with E-state index in [1.165, 1.54) is 12.1 Å². The third-order valence-corrected chi connectivity index (χ3v) is 5.12. The minimum atomic E-state index is -4.37. The summed E-state index contributed by atoms with van der Waals surface area (Å²) in [7, 11) is -4.37. The van der Waals surface area contributed by atoms with Crippen molar-refractivity contribution in [2.45, 2.75) is 24.7 Å². The number of nitrogens with one attached hydrogen (secondary N) is 1. The molecule has 0 aliphatic carbocycles. The molecule has 2 amide bonds. The summed E-state index contributed by atoms with van der Waals surface area (Å²) >= 11 is 0. The van der Waals surface area contributed by atoms with Gasteiger partial charge in [-0.05, 0) is 35.7 Å². The van der Waals surface area contributed by atoms with Gasteiger partial charge in [0.1, 0.15) is 4.90 Å². The Morgan fingerprint density at radius 1 is 1.16 bits per heavy atom. The average molecular weight is 360 g/mol. The third kappa shape index (κ3) is 3.67. The fourth-order valence-electron chi connectivity index (χ4n) is 2.99. The molecule has 1 aliphatic heterocycles. The summed E-state index contributed by atoms with van der Waals surface area (Å²) in [6.07, 6.45) is 1.97. The molecule has 0 aromatic heterocycles. The van der Waals surface area contributed by atoms with Crippen molar-refractivity contribution in [1.29, 1.82) is 0 Å². The van der Waals surface area contributed by atoms with Crippen LogP contribution < -0.4 is 10.2 Å². The number of urea groups is 1. The number of hydrogen-bond acceptors (Lipinski definition) is 3. The first-order valence-electron chi connectivity index (χ1n) is 8.16. The maximum absolute atomic E-state index is 11.9. The lowest BCUT2D eigenvalue weighted by Crippen LogP contribution is -2.27. The molecule has 2 aromatic carbocycles. The predicted octanol–water partition coefficient (Wildman–Crippen LogP) is 3.08. The van der Waals surface area contributed by atoms with Gasteiger partial charge in [-0.25, -0.2) is 4.79 Å². The van der Waals surface area contributed by atoms with Gasteiger partial charge in [-0.15, -0.1) is 0 Å². The van der Waals surface area contributed by atoms with Gasteiger partial charge >= 0.3 is 6.03 Å². The summed E-state index contributed by atoms with van der Waals surface area (Å²) in [5.74, 6) is 0. The van der Waals surface area contributed by atoms with Crippen LogP contribution >= 0.6 is 0 Å². The van der Waals surface area contributed by atoms with Crippen molar-refractivity contribution in [3.05, 3.63) is 48.0 Å². The summed E-state index contributed by atoms with van der Waals surface area (Å²) in [4.78, 5) is 13.2. The van der Waals surface area contributed by atoms with E-state index in [-0.39, 0.29) is 10.9 Å². The van der Waals surface area contributed by atoms with Crippen LogP contribution in [0.4, 0.5) is 10.5 Å². The van der Waals surface area contributed by atoms with E-state index in [4.69, 9.17) is 0 Å². The molecule has 7 heteroatoms. The van der Waals surface area contributed by atoms with Gasteiger partial charge in [0.15, 0.2) is 0 Å². The van der Waals surface area contributed by atoms with Crippen molar-refractivity contribution in [1.82, 2.24) is 5.32 Å². The van der Waals surface area contributed by atoms with Crippen LogP contribution in [0.3, 0.4) is 0 Å². The van der Waals surface area contributed by atoms with Crippen LogP contribution in [0.1, 0.15) is 18.9 Å². The van der Waals surface area contributed by atoms with Gasteiger partial charge in [-0.2, -0.15) is 8.42 Å². The highest BCUT2D eigenvalue weighted by Crippen LogP contribution is 2.32. The molecule has 0 bridgehead atoms. The van der Waals surface area contributed by atoms with E-state index in [0.29, 0.717) is 29.9 Å². The van der Waals surface area contributed by atoms with Crippen LogP contribution in [-0.4, -0.2) is 32.1 Å². The Hall–Kier alpha value is -2.38. The molecule has 0 radical (unpaired) electrons. The number of aryl methyl sites for hydroxylation is 1. The molecule has 132 valence electrons. The lowest BCUT2D eigenvalue weighted by atomic mass is 10.0. The normalized spacial score (nSPS) is 14.6. The largest absolute Gasteiger partial charge is 0.336 e. The van der Waals surface area contributed by atoms with Gasteiger partial charge in [0.25, 0.3) is 10.1 Å². The summed E-state index contributed by atoms with van der Waals surface area (Å²) in [6, 6.07) is 11.8. The molecule has 6 nitrogen and oxygen atoms in total. The van der Waals surface area contributed by atoms with E-state index < -0.39 is 10.1 Å². The molecule has 1 saturated heterocycles. The number of carbonyl (C=O) groups excluding carboxylic acids is 1. The Bertz CT molecular complexity index is 892. The first-order chi connectivity index (χ1) is 11.9. The lowest BCUT2D eigenvalue weighted by Gasteiger charge is -2.17. The van der Waals surface area contributed by atoms with Gasteiger partial charge < -0.3 is 5.32 Å². The molecule has 1 aliphatic rings. The molecule has 0 unspecified atom stereocenters. The summed E-state index contributed by atoms with van der Waals surface area (Å²) in [5.41, 5.74) is 2.81. The molecular weight excluding hydrogens is 340 g/mol. The first kappa shape index (κ1) is 17.4. The van der Waals surface area contributed by atoms with E-state index in [1.54, 1.807) is 11.0 Å². The van der Waals surface area contributed by atoms with Crippen molar-refractivity contribution >= 4 is 21.8 Å². The third-order valence-electron chi connectivity index (χ3n) is 4.21. The van der Waals surface area contributed by atoms with Crippen molar-refractivity contribution in [2.75, 3.05) is 18.0 Å². The van der Waals surface area contributed by atoms with Crippen molar-refractivity contribution < 1.29 is 17.8 Å². The van der Waals surface area contributed by atoms with E-state index in [1.807, 2.05) is 24.3 Å². The Kier molecular flexibility index (Phi) is 4.78. The minimum absolute atomic E-state index is 0.168. The molecule has 1 fully saturated rings. The number of nitrogens with zero attached hydrogens (tertiary/aromatic N) is 1. The fourth-order valence-corrected chi connectivity index (χ4v) is 3.69. The van der Waals surface area contributed by atoms with Gasteiger partial charge in [0.2, 0.25) is 0 Å². The smallest absolute Gasteiger partial charge is 0.321 e. The summed E-state index contributed by atoms with van der Waals surface area (Å²) in [6.45, 7) is 3.15. The average Bonchev–Trinajstić information content (AvgIpc) is 3.00. The maximum atomic E-state index is 11.9. The molecule has 0 spiro atoms. The minimum Gasteiger partial charge on any atom is -0.336 e. The number of anilines is 1.